The zero-order chi connectivity index (χ0) is 20.9. The summed E-state index contributed by atoms with van der Waals surface area (Å²) in [5.74, 6) is 2.33. The van der Waals surface area contributed by atoms with Gasteiger partial charge in [-0.1, -0.05) is 54.6 Å². The Labute approximate surface area is 175 Å². The highest BCUT2D eigenvalue weighted by Crippen LogP contribution is 2.17. The van der Waals surface area contributed by atoms with Crippen LogP contribution in [0.4, 0.5) is 11.5 Å². The Morgan fingerprint density at radius 1 is 0.966 bits per heavy atom. The summed E-state index contributed by atoms with van der Waals surface area (Å²) in [6.07, 6.45) is 1.69. The highest BCUT2D eigenvalue weighted by atomic mass is 32.2. The van der Waals surface area contributed by atoms with Gasteiger partial charge in [-0.25, -0.2) is 0 Å². The zero-order valence-electron chi connectivity index (χ0n) is 16.9. The number of rotatable bonds is 2. The quantitative estimate of drug-likeness (QED) is 0.702. The van der Waals surface area contributed by atoms with E-state index in [1.54, 1.807) is 17.9 Å². The molecule has 0 spiro atoms. The lowest BCUT2D eigenvalue weighted by atomic mass is 10.3. The van der Waals surface area contributed by atoms with Crippen molar-refractivity contribution in [1.29, 1.82) is 5.26 Å². The van der Waals surface area contributed by atoms with Crippen molar-refractivity contribution in [3.63, 3.8) is 0 Å². The number of nitrogens with zero attached hydrogens (tertiary/aromatic N) is 4. The highest BCUT2D eigenvalue weighted by Gasteiger charge is 2.09. The van der Waals surface area contributed by atoms with Gasteiger partial charge >= 0.3 is 0 Å². The molecule has 0 saturated carbocycles. The van der Waals surface area contributed by atoms with Crippen molar-refractivity contribution in [1.82, 2.24) is 14.7 Å². The second kappa shape index (κ2) is 12.5. The summed E-state index contributed by atoms with van der Waals surface area (Å²) in [7, 11) is 3.35. The van der Waals surface area contributed by atoms with Crippen LogP contribution in [0.25, 0.3) is 0 Å². The van der Waals surface area contributed by atoms with Gasteiger partial charge in [0, 0.05) is 54.3 Å². The van der Waals surface area contributed by atoms with Crippen molar-refractivity contribution in [3.05, 3.63) is 78.5 Å². The number of aromatic nitrogens is 2. The van der Waals surface area contributed by atoms with E-state index in [0.717, 1.165) is 30.3 Å². The van der Waals surface area contributed by atoms with Gasteiger partial charge in [-0.05, 0) is 19.2 Å². The molecule has 0 atom stereocenters. The average molecular weight is 410 g/mol. The van der Waals surface area contributed by atoms with Crippen LogP contribution >= 0.6 is 0 Å². The smallest absolute Gasteiger partial charge is 0.170 e. The molecule has 0 unspecified atom stereocenters. The Kier molecular flexibility index (Phi) is 9.63. The predicted molar refractivity (Wildman–Crippen MR) is 119 cm³/mol. The molecule has 6 nitrogen and oxygen atoms in total. The molecular formula is C22H27N5OS. The number of para-hydroxylation sites is 1. The predicted octanol–water partition coefficient (Wildman–Crippen LogP) is 3.40. The van der Waals surface area contributed by atoms with Gasteiger partial charge in [0.05, 0.1) is 0 Å². The molecule has 2 heterocycles. The van der Waals surface area contributed by atoms with Gasteiger partial charge in [0.15, 0.2) is 5.82 Å². The van der Waals surface area contributed by atoms with Crippen LogP contribution in [-0.2, 0) is 17.8 Å². The summed E-state index contributed by atoms with van der Waals surface area (Å²) < 4.78 is 12.3. The molecule has 4 rings (SSSR count). The minimum absolute atomic E-state index is 0.503. The zero-order valence-corrected chi connectivity index (χ0v) is 17.7. The van der Waals surface area contributed by atoms with Gasteiger partial charge in [-0.15, -0.1) is 0 Å². The summed E-state index contributed by atoms with van der Waals surface area (Å²) in [5.41, 5.74) is 1.47. The number of aryl methyl sites for hydroxylation is 1. The van der Waals surface area contributed by atoms with Crippen LogP contribution < -0.4 is 5.32 Å². The van der Waals surface area contributed by atoms with E-state index in [2.05, 4.69) is 28.4 Å². The van der Waals surface area contributed by atoms with E-state index in [1.165, 1.54) is 0 Å². The second-order valence-electron chi connectivity index (χ2n) is 6.47. The molecule has 1 fully saturated rings. The number of hydrogen-bond donors (Lipinski definition) is 1. The molecule has 0 bridgehead atoms. The summed E-state index contributed by atoms with van der Waals surface area (Å²) in [4.78, 5) is 2.21. The molecule has 2 aromatic carbocycles. The molecule has 1 N–H and O–H groups in total. The largest absolute Gasteiger partial charge is 0.338 e. The van der Waals surface area contributed by atoms with Crippen LogP contribution in [0.3, 0.4) is 0 Å². The lowest BCUT2D eigenvalue weighted by molar-refractivity contribution is 0.367. The molecule has 3 aromatic rings. The van der Waals surface area contributed by atoms with Crippen molar-refractivity contribution >= 4 is 22.3 Å². The third kappa shape index (κ3) is 8.73. The Balaban J connectivity index is 0.000000178. The van der Waals surface area contributed by atoms with Crippen molar-refractivity contribution < 1.29 is 4.21 Å². The van der Waals surface area contributed by atoms with E-state index in [4.69, 9.17) is 5.26 Å². The average Bonchev–Trinajstić information content (AvgIpc) is 3.12. The first-order valence-electron chi connectivity index (χ1n) is 9.38. The first-order chi connectivity index (χ1) is 14.1. The lowest BCUT2D eigenvalue weighted by Crippen LogP contribution is -2.34. The van der Waals surface area contributed by atoms with Gasteiger partial charge in [0.25, 0.3) is 0 Å². The minimum atomic E-state index is -0.503. The van der Waals surface area contributed by atoms with Crippen molar-refractivity contribution in [2.45, 2.75) is 0 Å². The van der Waals surface area contributed by atoms with E-state index < -0.39 is 10.8 Å². The Bertz CT molecular complexity index is 869. The van der Waals surface area contributed by atoms with Gasteiger partial charge in [-0.3, -0.25) is 8.89 Å². The molecule has 0 radical (unpaired) electrons. The monoisotopic (exact) mass is 409 g/mol. The van der Waals surface area contributed by atoms with Crippen LogP contribution in [0.1, 0.15) is 5.56 Å². The molecule has 1 saturated heterocycles. The number of nitriles is 1. The Morgan fingerprint density at radius 3 is 1.97 bits per heavy atom. The molecule has 1 aromatic heterocycles. The summed E-state index contributed by atoms with van der Waals surface area (Å²) >= 11 is 0. The Morgan fingerprint density at radius 2 is 1.48 bits per heavy atom. The summed E-state index contributed by atoms with van der Waals surface area (Å²) in [6.45, 7) is 2.01. The molecule has 1 aliphatic heterocycles. The maximum Gasteiger partial charge on any atom is 0.170 e. The third-order valence-electron chi connectivity index (χ3n) is 4.05. The SMILES string of the molecule is CN1CCS(=O)CC1.Cn1cc(C#N)c(Nc2ccccc2)n1.c1ccccc1. The third-order valence-corrected chi connectivity index (χ3v) is 5.33. The van der Waals surface area contributed by atoms with E-state index in [1.807, 2.05) is 66.7 Å². The standard InChI is InChI=1S/C11H10N4.C6H6.C5H11NOS/c1-15-8-9(7-12)11(14-15)13-10-5-3-2-4-6-10;1-2-4-6-5-3-1;1-6-2-4-8(7)5-3-6/h2-6,8H,1H3,(H,13,14);1-6H;2-5H2,1H3. The topological polar surface area (TPSA) is 74.0 Å². The van der Waals surface area contributed by atoms with Crippen molar-refractivity contribution in [2.24, 2.45) is 7.05 Å². The Hall–Kier alpha value is -2.95. The maximum absolute atomic E-state index is 10.7. The normalized spacial score (nSPS) is 13.8. The highest BCUT2D eigenvalue weighted by molar-refractivity contribution is 7.85. The fourth-order valence-corrected chi connectivity index (χ4v) is 3.67. The van der Waals surface area contributed by atoms with Crippen LogP contribution in [0, 0.1) is 11.3 Å². The van der Waals surface area contributed by atoms with Gasteiger partial charge < -0.3 is 10.2 Å². The van der Waals surface area contributed by atoms with Crippen LogP contribution in [0.2, 0.25) is 0 Å². The number of benzene rings is 2. The molecule has 1 aliphatic rings. The van der Waals surface area contributed by atoms with E-state index >= 15 is 0 Å². The molecule has 0 amide bonds. The van der Waals surface area contributed by atoms with Crippen molar-refractivity contribution in [2.75, 3.05) is 37.0 Å². The van der Waals surface area contributed by atoms with Crippen molar-refractivity contribution in [3.8, 4) is 6.07 Å². The lowest BCUT2D eigenvalue weighted by Gasteiger charge is -2.20. The number of nitrogens with one attached hydrogen (secondary N) is 1. The number of anilines is 2. The molecule has 29 heavy (non-hydrogen) atoms. The maximum atomic E-state index is 10.7. The fraction of sp³-hybridized carbons (Fsp3) is 0.273. The van der Waals surface area contributed by atoms with Crippen LogP contribution in [0.5, 0.6) is 0 Å². The number of hydrogen-bond acceptors (Lipinski definition) is 5. The first kappa shape index (κ1) is 22.3. The molecular weight excluding hydrogens is 382 g/mol. The van der Waals surface area contributed by atoms with Crippen LogP contribution in [-0.4, -0.2) is 50.5 Å². The molecule has 152 valence electrons. The van der Waals surface area contributed by atoms with Gasteiger partial charge in [-0.2, -0.15) is 10.4 Å². The van der Waals surface area contributed by atoms with E-state index in [-0.39, 0.29) is 0 Å². The van der Waals surface area contributed by atoms with Gasteiger partial charge in [0.1, 0.15) is 11.6 Å². The van der Waals surface area contributed by atoms with E-state index in [0.29, 0.717) is 11.4 Å². The van der Waals surface area contributed by atoms with Gasteiger partial charge in [0.2, 0.25) is 0 Å². The molecule has 0 aliphatic carbocycles. The van der Waals surface area contributed by atoms with E-state index in [9.17, 15) is 4.21 Å². The van der Waals surface area contributed by atoms with Crippen LogP contribution in [0.15, 0.2) is 72.9 Å². The second-order valence-corrected chi connectivity index (χ2v) is 8.17. The fourth-order valence-electron chi connectivity index (χ4n) is 2.43. The summed E-state index contributed by atoms with van der Waals surface area (Å²) in [6, 6.07) is 23.7. The molecule has 7 heteroatoms. The first-order valence-corrected chi connectivity index (χ1v) is 10.9. The minimum Gasteiger partial charge on any atom is -0.338 e. The summed E-state index contributed by atoms with van der Waals surface area (Å²) in [5, 5.41) is 16.1.